The first-order valence-corrected chi connectivity index (χ1v) is 10.3. The fourth-order valence-corrected chi connectivity index (χ4v) is 5.12. The minimum absolute atomic E-state index is 0.0925. The van der Waals surface area contributed by atoms with E-state index in [1.807, 2.05) is 0 Å². The number of nitrogens with one attached hydrogen (secondary N) is 1. The van der Waals surface area contributed by atoms with E-state index in [4.69, 9.17) is 0 Å². The Balaban J connectivity index is 1.74. The summed E-state index contributed by atoms with van der Waals surface area (Å²) in [6.07, 6.45) is 3.68. The van der Waals surface area contributed by atoms with Gasteiger partial charge in [-0.25, -0.2) is 8.42 Å². The third kappa shape index (κ3) is 3.75. The van der Waals surface area contributed by atoms with Crippen LogP contribution in [0, 0.1) is 11.3 Å². The van der Waals surface area contributed by atoms with Crippen molar-refractivity contribution < 1.29 is 18.3 Å². The number of sulfonamides is 1. The van der Waals surface area contributed by atoms with Gasteiger partial charge < -0.3 is 10.4 Å². The van der Waals surface area contributed by atoms with Gasteiger partial charge in [-0.05, 0) is 62.8 Å². The number of β-amino-alcohol motifs (C(OH)–C–C–N with tert-alkyl or cyclic N) is 1. The Labute approximate surface area is 153 Å². The largest absolute Gasteiger partial charge is 0.392 e. The number of carbonyl (C=O) groups excluding carboxylic acids is 1. The maximum atomic E-state index is 12.7. The van der Waals surface area contributed by atoms with Gasteiger partial charge in [0.1, 0.15) is 5.54 Å². The summed E-state index contributed by atoms with van der Waals surface area (Å²) in [5.74, 6) is -0.370. The second-order valence-corrected chi connectivity index (χ2v) is 8.98. The molecule has 1 atom stereocenters. The van der Waals surface area contributed by atoms with Crippen molar-refractivity contribution in [1.82, 2.24) is 9.62 Å². The standard InChI is InChI=1S/C18H23N3O4S/c19-13-18(9-1-2-10-18)20-17(23)14-5-7-16(8-6-14)26(24,25)21-11-3-4-15(22)12-21/h5-8,15,22H,1-4,9-12H2,(H,20,23). The number of nitriles is 1. The first-order chi connectivity index (χ1) is 12.4. The molecule has 0 spiro atoms. The van der Waals surface area contributed by atoms with Crippen molar-refractivity contribution in [3.8, 4) is 6.07 Å². The molecule has 1 aromatic rings. The van der Waals surface area contributed by atoms with Gasteiger partial charge in [0.05, 0.1) is 17.1 Å². The molecule has 1 heterocycles. The fourth-order valence-electron chi connectivity index (χ4n) is 3.60. The highest BCUT2D eigenvalue weighted by atomic mass is 32.2. The molecule has 0 radical (unpaired) electrons. The van der Waals surface area contributed by atoms with E-state index in [0.717, 1.165) is 12.8 Å². The van der Waals surface area contributed by atoms with Crippen LogP contribution in [-0.4, -0.2) is 48.5 Å². The summed E-state index contributed by atoms with van der Waals surface area (Å²) in [6.45, 7) is 0.474. The van der Waals surface area contributed by atoms with E-state index in [1.54, 1.807) is 0 Å². The molecular weight excluding hydrogens is 354 g/mol. The molecule has 1 aliphatic heterocycles. The van der Waals surface area contributed by atoms with Crippen LogP contribution in [0.4, 0.5) is 0 Å². The zero-order chi connectivity index (χ0) is 18.8. The van der Waals surface area contributed by atoms with Crippen molar-refractivity contribution in [3.05, 3.63) is 29.8 Å². The van der Waals surface area contributed by atoms with E-state index in [1.165, 1.54) is 28.6 Å². The van der Waals surface area contributed by atoms with E-state index in [0.29, 0.717) is 37.8 Å². The zero-order valence-electron chi connectivity index (χ0n) is 14.5. The Morgan fingerprint density at radius 1 is 1.23 bits per heavy atom. The van der Waals surface area contributed by atoms with E-state index >= 15 is 0 Å². The minimum atomic E-state index is -3.69. The number of benzene rings is 1. The molecule has 8 heteroatoms. The lowest BCUT2D eigenvalue weighted by Gasteiger charge is -2.29. The third-order valence-electron chi connectivity index (χ3n) is 5.14. The first-order valence-electron chi connectivity index (χ1n) is 8.88. The quantitative estimate of drug-likeness (QED) is 0.824. The number of amides is 1. The lowest BCUT2D eigenvalue weighted by Crippen LogP contribution is -2.45. The second kappa shape index (κ2) is 7.35. The lowest BCUT2D eigenvalue weighted by atomic mass is 9.99. The molecule has 0 bridgehead atoms. The van der Waals surface area contributed by atoms with Gasteiger partial charge in [-0.2, -0.15) is 9.57 Å². The summed E-state index contributed by atoms with van der Waals surface area (Å²) in [4.78, 5) is 12.5. The molecule has 1 aromatic carbocycles. The van der Waals surface area contributed by atoms with Gasteiger partial charge in [0.15, 0.2) is 0 Å². The normalized spacial score (nSPS) is 23.3. The number of hydrogen-bond acceptors (Lipinski definition) is 5. The number of aliphatic hydroxyl groups is 1. The van der Waals surface area contributed by atoms with Crippen molar-refractivity contribution in [2.24, 2.45) is 0 Å². The number of hydrogen-bond donors (Lipinski definition) is 2. The molecule has 7 nitrogen and oxygen atoms in total. The highest BCUT2D eigenvalue weighted by molar-refractivity contribution is 7.89. The Hall–Kier alpha value is -1.95. The molecule has 1 saturated heterocycles. The topological polar surface area (TPSA) is 110 Å². The van der Waals surface area contributed by atoms with Gasteiger partial charge in [0.2, 0.25) is 10.0 Å². The molecule has 26 heavy (non-hydrogen) atoms. The van der Waals surface area contributed by atoms with E-state index in [-0.39, 0.29) is 17.3 Å². The molecular formula is C18H23N3O4S. The molecule has 1 unspecified atom stereocenters. The van der Waals surface area contributed by atoms with Crippen molar-refractivity contribution >= 4 is 15.9 Å². The number of carbonyl (C=O) groups is 1. The average molecular weight is 377 g/mol. The number of piperidine rings is 1. The fraction of sp³-hybridized carbons (Fsp3) is 0.556. The van der Waals surface area contributed by atoms with Gasteiger partial charge >= 0.3 is 0 Å². The van der Waals surface area contributed by atoms with E-state index in [9.17, 15) is 23.6 Å². The predicted molar refractivity (Wildman–Crippen MR) is 94.7 cm³/mol. The molecule has 2 fully saturated rings. The maximum absolute atomic E-state index is 12.7. The summed E-state index contributed by atoms with van der Waals surface area (Å²) >= 11 is 0. The molecule has 0 aromatic heterocycles. The molecule has 140 valence electrons. The SMILES string of the molecule is N#CC1(NC(=O)c2ccc(S(=O)(=O)N3CCCC(O)C3)cc2)CCCC1. The van der Waals surface area contributed by atoms with Crippen LogP contribution in [0.25, 0.3) is 0 Å². The lowest BCUT2D eigenvalue weighted by molar-refractivity contribution is 0.0920. The Morgan fingerprint density at radius 3 is 2.46 bits per heavy atom. The summed E-state index contributed by atoms with van der Waals surface area (Å²) in [7, 11) is -3.69. The van der Waals surface area contributed by atoms with Crippen molar-refractivity contribution in [2.45, 2.75) is 55.1 Å². The molecule has 1 aliphatic carbocycles. The smallest absolute Gasteiger partial charge is 0.252 e. The van der Waals surface area contributed by atoms with Crippen LogP contribution < -0.4 is 5.32 Å². The minimum Gasteiger partial charge on any atom is -0.392 e. The summed E-state index contributed by atoms with van der Waals surface area (Å²) in [5.41, 5.74) is -0.490. The first kappa shape index (κ1) is 18.8. The van der Waals surface area contributed by atoms with Gasteiger partial charge in [0, 0.05) is 18.7 Å². The van der Waals surface area contributed by atoms with Gasteiger partial charge in [0.25, 0.3) is 5.91 Å². The van der Waals surface area contributed by atoms with Gasteiger partial charge in [-0.15, -0.1) is 0 Å². The highest BCUT2D eigenvalue weighted by Gasteiger charge is 2.35. The van der Waals surface area contributed by atoms with Crippen molar-refractivity contribution in [3.63, 3.8) is 0 Å². The molecule has 1 saturated carbocycles. The highest BCUT2D eigenvalue weighted by Crippen LogP contribution is 2.29. The Kier molecular flexibility index (Phi) is 5.32. The van der Waals surface area contributed by atoms with Crippen LogP contribution >= 0.6 is 0 Å². The van der Waals surface area contributed by atoms with Crippen molar-refractivity contribution in [2.75, 3.05) is 13.1 Å². The average Bonchev–Trinajstić information content (AvgIpc) is 3.11. The molecule has 2 N–H and O–H groups in total. The maximum Gasteiger partial charge on any atom is 0.252 e. The second-order valence-electron chi connectivity index (χ2n) is 7.04. The van der Waals surface area contributed by atoms with Crippen LogP contribution in [0.3, 0.4) is 0 Å². The van der Waals surface area contributed by atoms with Crippen LogP contribution in [0.5, 0.6) is 0 Å². The summed E-state index contributed by atoms with van der Waals surface area (Å²) in [6, 6.07) is 7.93. The summed E-state index contributed by atoms with van der Waals surface area (Å²) < 4.78 is 26.6. The van der Waals surface area contributed by atoms with E-state index in [2.05, 4.69) is 11.4 Å². The zero-order valence-corrected chi connectivity index (χ0v) is 15.3. The van der Waals surface area contributed by atoms with Crippen LogP contribution in [0.2, 0.25) is 0 Å². The van der Waals surface area contributed by atoms with Crippen LogP contribution in [0.1, 0.15) is 48.9 Å². The predicted octanol–water partition coefficient (Wildman–Crippen LogP) is 1.40. The van der Waals surface area contributed by atoms with E-state index < -0.39 is 21.7 Å². The number of rotatable bonds is 4. The number of nitrogens with zero attached hydrogens (tertiary/aromatic N) is 2. The monoisotopic (exact) mass is 377 g/mol. The van der Waals surface area contributed by atoms with Gasteiger partial charge in [-0.1, -0.05) is 0 Å². The Bertz CT molecular complexity index is 808. The summed E-state index contributed by atoms with van der Waals surface area (Å²) in [5, 5.41) is 21.9. The number of aliphatic hydroxyl groups excluding tert-OH is 1. The van der Waals surface area contributed by atoms with Gasteiger partial charge in [-0.3, -0.25) is 4.79 Å². The molecule has 2 aliphatic rings. The third-order valence-corrected chi connectivity index (χ3v) is 7.02. The molecule has 3 rings (SSSR count). The van der Waals surface area contributed by atoms with Crippen molar-refractivity contribution in [1.29, 1.82) is 5.26 Å². The Morgan fingerprint density at radius 2 is 1.88 bits per heavy atom. The van der Waals surface area contributed by atoms with Crippen LogP contribution in [0.15, 0.2) is 29.2 Å². The molecule has 1 amide bonds. The van der Waals surface area contributed by atoms with Crippen LogP contribution in [-0.2, 0) is 10.0 Å².